The standard InChI is InChI=1S/C13H25N3O4/c1-13(4-7-16(2)8-5-13)9-15-12(20)14-6-3-10(17)11(18)19/h10,17H,3-9H2,1-2H3,(H,18,19)(H2,14,15,20). The third kappa shape index (κ3) is 5.75. The topological polar surface area (TPSA) is 102 Å². The number of piperidine rings is 1. The lowest BCUT2D eigenvalue weighted by atomic mass is 9.80. The van der Waals surface area contributed by atoms with E-state index < -0.39 is 12.1 Å². The van der Waals surface area contributed by atoms with Crippen molar-refractivity contribution in [1.82, 2.24) is 15.5 Å². The van der Waals surface area contributed by atoms with Gasteiger partial charge in [0.05, 0.1) is 0 Å². The molecule has 1 aliphatic heterocycles. The molecule has 7 nitrogen and oxygen atoms in total. The Hall–Kier alpha value is -1.34. The molecule has 4 N–H and O–H groups in total. The van der Waals surface area contributed by atoms with Crippen molar-refractivity contribution < 1.29 is 19.8 Å². The highest BCUT2D eigenvalue weighted by Gasteiger charge is 2.29. The minimum Gasteiger partial charge on any atom is -0.479 e. The van der Waals surface area contributed by atoms with Crippen LogP contribution in [0.3, 0.4) is 0 Å². The van der Waals surface area contributed by atoms with E-state index >= 15 is 0 Å². The fraction of sp³-hybridized carbons (Fsp3) is 0.846. The second-order valence-corrected chi connectivity index (χ2v) is 5.87. The second kappa shape index (κ2) is 7.44. The van der Waals surface area contributed by atoms with Crippen LogP contribution in [0.5, 0.6) is 0 Å². The maximum Gasteiger partial charge on any atom is 0.332 e. The van der Waals surface area contributed by atoms with Crippen LogP contribution in [0.4, 0.5) is 4.79 Å². The van der Waals surface area contributed by atoms with Crippen molar-refractivity contribution in [3.8, 4) is 0 Å². The molecule has 1 rings (SSSR count). The van der Waals surface area contributed by atoms with Crippen molar-refractivity contribution in [2.45, 2.75) is 32.3 Å². The van der Waals surface area contributed by atoms with Crippen molar-refractivity contribution in [2.24, 2.45) is 5.41 Å². The van der Waals surface area contributed by atoms with E-state index in [0.717, 1.165) is 25.9 Å². The van der Waals surface area contributed by atoms with Gasteiger partial charge in [0.15, 0.2) is 6.10 Å². The molecule has 1 fully saturated rings. The average molecular weight is 287 g/mol. The molecule has 2 amide bonds. The molecule has 0 aromatic rings. The lowest BCUT2D eigenvalue weighted by Gasteiger charge is -2.37. The summed E-state index contributed by atoms with van der Waals surface area (Å²) in [6.45, 7) is 4.97. The summed E-state index contributed by atoms with van der Waals surface area (Å²) in [6.07, 6.45) is 0.662. The van der Waals surface area contributed by atoms with Gasteiger partial charge in [-0.15, -0.1) is 0 Å². The number of amides is 2. The van der Waals surface area contributed by atoms with Gasteiger partial charge in [-0.25, -0.2) is 9.59 Å². The van der Waals surface area contributed by atoms with Crippen LogP contribution >= 0.6 is 0 Å². The van der Waals surface area contributed by atoms with Crippen LogP contribution in [-0.4, -0.2) is 66.4 Å². The second-order valence-electron chi connectivity index (χ2n) is 5.87. The van der Waals surface area contributed by atoms with E-state index in [1.54, 1.807) is 0 Å². The van der Waals surface area contributed by atoms with E-state index in [9.17, 15) is 9.59 Å². The molecule has 0 aromatic heterocycles. The Morgan fingerprint density at radius 3 is 2.45 bits per heavy atom. The van der Waals surface area contributed by atoms with Crippen LogP contribution < -0.4 is 10.6 Å². The Morgan fingerprint density at radius 2 is 1.90 bits per heavy atom. The molecule has 1 saturated heterocycles. The summed E-state index contributed by atoms with van der Waals surface area (Å²) >= 11 is 0. The number of aliphatic hydroxyl groups is 1. The summed E-state index contributed by atoms with van der Waals surface area (Å²) in [4.78, 5) is 24.2. The smallest absolute Gasteiger partial charge is 0.332 e. The zero-order chi connectivity index (χ0) is 15.2. The highest BCUT2D eigenvalue weighted by atomic mass is 16.4. The molecule has 7 heteroatoms. The molecule has 20 heavy (non-hydrogen) atoms. The van der Waals surface area contributed by atoms with E-state index in [4.69, 9.17) is 10.2 Å². The Morgan fingerprint density at radius 1 is 1.30 bits per heavy atom. The molecular formula is C13H25N3O4. The largest absolute Gasteiger partial charge is 0.479 e. The summed E-state index contributed by atoms with van der Waals surface area (Å²) in [5.74, 6) is -1.27. The van der Waals surface area contributed by atoms with Gasteiger partial charge in [-0.2, -0.15) is 0 Å². The van der Waals surface area contributed by atoms with Crippen LogP contribution in [0.25, 0.3) is 0 Å². The van der Waals surface area contributed by atoms with E-state index in [-0.39, 0.29) is 24.4 Å². The quantitative estimate of drug-likeness (QED) is 0.544. The van der Waals surface area contributed by atoms with Crippen molar-refractivity contribution in [3.63, 3.8) is 0 Å². The Balaban J connectivity index is 2.18. The van der Waals surface area contributed by atoms with Gasteiger partial charge in [-0.05, 0) is 38.4 Å². The van der Waals surface area contributed by atoms with Crippen LogP contribution in [0, 0.1) is 5.41 Å². The Labute approximate surface area is 119 Å². The van der Waals surface area contributed by atoms with Crippen molar-refractivity contribution >= 4 is 12.0 Å². The maximum atomic E-state index is 11.6. The number of aliphatic carboxylic acids is 1. The fourth-order valence-electron chi connectivity index (χ4n) is 2.14. The van der Waals surface area contributed by atoms with Crippen LogP contribution in [0.1, 0.15) is 26.2 Å². The Bertz CT molecular complexity index is 341. The Kier molecular flexibility index (Phi) is 6.22. The zero-order valence-corrected chi connectivity index (χ0v) is 12.2. The third-order valence-electron chi connectivity index (χ3n) is 3.86. The van der Waals surface area contributed by atoms with E-state index in [1.165, 1.54) is 0 Å². The predicted molar refractivity (Wildman–Crippen MR) is 74.5 cm³/mol. The monoisotopic (exact) mass is 287 g/mol. The molecule has 0 radical (unpaired) electrons. The van der Waals surface area contributed by atoms with Gasteiger partial charge in [0.2, 0.25) is 0 Å². The number of likely N-dealkylation sites (tertiary alicyclic amines) is 1. The molecule has 0 aromatic carbocycles. The first kappa shape index (κ1) is 16.7. The summed E-state index contributed by atoms with van der Waals surface area (Å²) in [6, 6.07) is -0.317. The summed E-state index contributed by atoms with van der Waals surface area (Å²) in [5.41, 5.74) is 0.116. The SMILES string of the molecule is CN1CCC(C)(CNC(=O)NCCC(O)C(=O)O)CC1. The molecule has 0 bridgehead atoms. The molecule has 0 spiro atoms. The molecule has 1 atom stereocenters. The van der Waals surface area contributed by atoms with Crippen molar-refractivity contribution in [3.05, 3.63) is 0 Å². The van der Waals surface area contributed by atoms with Gasteiger partial charge in [0.25, 0.3) is 0 Å². The number of carboxylic acid groups (broad SMARTS) is 1. The normalized spacial score (nSPS) is 20.1. The summed E-state index contributed by atoms with van der Waals surface area (Å²) in [5, 5.41) is 22.9. The number of aliphatic hydroxyl groups excluding tert-OH is 1. The minimum atomic E-state index is -1.43. The number of nitrogens with zero attached hydrogens (tertiary/aromatic N) is 1. The van der Waals surface area contributed by atoms with E-state index in [0.29, 0.717) is 6.54 Å². The van der Waals surface area contributed by atoms with Crippen LogP contribution in [0.15, 0.2) is 0 Å². The highest BCUT2D eigenvalue weighted by Crippen LogP contribution is 2.29. The number of hydrogen-bond donors (Lipinski definition) is 4. The highest BCUT2D eigenvalue weighted by molar-refractivity contribution is 5.74. The van der Waals surface area contributed by atoms with Gasteiger partial charge < -0.3 is 25.7 Å². The average Bonchev–Trinajstić information content (AvgIpc) is 2.40. The van der Waals surface area contributed by atoms with Gasteiger partial charge in [0.1, 0.15) is 0 Å². The molecule has 1 aliphatic rings. The maximum absolute atomic E-state index is 11.6. The zero-order valence-electron chi connectivity index (χ0n) is 12.2. The molecule has 1 heterocycles. The van der Waals surface area contributed by atoms with Crippen molar-refractivity contribution in [2.75, 3.05) is 33.2 Å². The van der Waals surface area contributed by atoms with E-state index in [1.807, 2.05) is 0 Å². The van der Waals surface area contributed by atoms with E-state index in [2.05, 4.69) is 29.5 Å². The number of carbonyl (C=O) groups excluding carboxylic acids is 1. The lowest BCUT2D eigenvalue weighted by molar-refractivity contribution is -0.146. The molecule has 0 saturated carbocycles. The number of hydrogen-bond acceptors (Lipinski definition) is 4. The molecule has 0 aliphatic carbocycles. The lowest BCUT2D eigenvalue weighted by Crippen LogP contribution is -2.46. The number of carbonyl (C=O) groups is 2. The minimum absolute atomic E-state index is 0.00478. The van der Waals surface area contributed by atoms with Gasteiger partial charge in [-0.3, -0.25) is 0 Å². The number of carboxylic acids is 1. The molecular weight excluding hydrogens is 262 g/mol. The third-order valence-corrected chi connectivity index (χ3v) is 3.86. The fourth-order valence-corrected chi connectivity index (χ4v) is 2.14. The molecule has 116 valence electrons. The summed E-state index contributed by atoms with van der Waals surface area (Å²) in [7, 11) is 2.09. The predicted octanol–water partition coefficient (Wildman–Crippen LogP) is -0.147. The first-order valence-electron chi connectivity index (χ1n) is 6.93. The van der Waals surface area contributed by atoms with Gasteiger partial charge in [0, 0.05) is 19.5 Å². The first-order valence-corrected chi connectivity index (χ1v) is 6.93. The van der Waals surface area contributed by atoms with Crippen molar-refractivity contribution in [1.29, 1.82) is 0 Å². The number of rotatable bonds is 6. The van der Waals surface area contributed by atoms with Gasteiger partial charge >= 0.3 is 12.0 Å². The van der Waals surface area contributed by atoms with Gasteiger partial charge in [-0.1, -0.05) is 6.92 Å². The van der Waals surface area contributed by atoms with Crippen LogP contribution in [0.2, 0.25) is 0 Å². The first-order chi connectivity index (χ1) is 9.32. The number of urea groups is 1. The van der Waals surface area contributed by atoms with Crippen LogP contribution in [-0.2, 0) is 4.79 Å². The number of nitrogens with one attached hydrogen (secondary N) is 2. The molecule has 1 unspecified atom stereocenters. The summed E-state index contributed by atoms with van der Waals surface area (Å²) < 4.78 is 0.